The molecule has 0 radical (unpaired) electrons. The fourth-order valence-electron chi connectivity index (χ4n) is 4.01. The molecule has 182 valence electrons. The fourth-order valence-corrected chi connectivity index (χ4v) is 5.71. The van der Waals surface area contributed by atoms with E-state index in [1.807, 2.05) is 48.5 Å². The Morgan fingerprint density at radius 3 is 2.34 bits per heavy atom. The molecule has 1 aliphatic rings. The fraction of sp³-hybridized carbons (Fsp3) is 0.308. The molecule has 1 aromatic heterocycles. The minimum Gasteiger partial charge on any atom is -0.502 e. The van der Waals surface area contributed by atoms with Crippen molar-refractivity contribution in [3.05, 3.63) is 93.2 Å². The lowest BCUT2D eigenvalue weighted by Crippen LogP contribution is -2.29. The number of nitrogens with zero attached hydrogens (tertiary/aromatic N) is 1. The van der Waals surface area contributed by atoms with E-state index in [1.165, 1.54) is 6.33 Å². The smallest absolute Gasteiger partial charge is 0.293 e. The van der Waals surface area contributed by atoms with Gasteiger partial charge in [0, 0.05) is 36.1 Å². The summed E-state index contributed by atoms with van der Waals surface area (Å²) in [4.78, 5) is 17.9. The number of aromatic nitrogens is 2. The van der Waals surface area contributed by atoms with Crippen molar-refractivity contribution in [2.45, 2.75) is 31.3 Å². The van der Waals surface area contributed by atoms with Crippen LogP contribution in [0.25, 0.3) is 0 Å². The number of hydrogen-bond acceptors (Lipinski definition) is 7. The molecule has 8 nitrogen and oxygen atoms in total. The van der Waals surface area contributed by atoms with Crippen LogP contribution in [0.2, 0.25) is 0 Å². The number of aliphatic hydroxyl groups is 1. The molecule has 4 N–H and O–H groups in total. The molecule has 2 atom stereocenters. The summed E-state index contributed by atoms with van der Waals surface area (Å²) in [5, 5.41) is 23.0. The summed E-state index contributed by atoms with van der Waals surface area (Å²) in [6.07, 6.45) is 2.13. The van der Waals surface area contributed by atoms with Gasteiger partial charge in [0.1, 0.15) is 0 Å². The van der Waals surface area contributed by atoms with Gasteiger partial charge in [0.2, 0.25) is 5.75 Å². The van der Waals surface area contributed by atoms with Crippen LogP contribution < -0.4 is 10.9 Å². The van der Waals surface area contributed by atoms with Gasteiger partial charge in [0.05, 0.1) is 30.1 Å². The molecule has 9 heteroatoms. The third-order valence-electron chi connectivity index (χ3n) is 6.08. The highest BCUT2D eigenvalue weighted by molar-refractivity contribution is 7.91. The Bertz CT molecular complexity index is 1390. The van der Waals surface area contributed by atoms with Gasteiger partial charge in [0.15, 0.2) is 9.84 Å². The van der Waals surface area contributed by atoms with Crippen LogP contribution in [0.15, 0.2) is 59.7 Å². The zero-order valence-corrected chi connectivity index (χ0v) is 19.9. The minimum absolute atomic E-state index is 0.0187. The Hall–Kier alpha value is -3.45. The van der Waals surface area contributed by atoms with E-state index in [0.717, 1.165) is 22.3 Å². The van der Waals surface area contributed by atoms with Gasteiger partial charge in [-0.1, -0.05) is 36.1 Å². The van der Waals surface area contributed by atoms with Crippen LogP contribution in [0.5, 0.6) is 5.75 Å². The van der Waals surface area contributed by atoms with Gasteiger partial charge >= 0.3 is 0 Å². The number of nitrogens with one attached hydrogen (secondary N) is 2. The maximum absolute atomic E-state index is 11.6. The lowest BCUT2D eigenvalue weighted by atomic mass is 9.94. The Labute approximate surface area is 204 Å². The lowest BCUT2D eigenvalue weighted by Gasteiger charge is -2.14. The number of hydrogen-bond donors (Lipinski definition) is 4. The second-order valence-corrected chi connectivity index (χ2v) is 10.9. The van der Waals surface area contributed by atoms with Gasteiger partial charge in [-0.15, -0.1) is 0 Å². The van der Waals surface area contributed by atoms with Crippen LogP contribution in [0, 0.1) is 11.8 Å². The summed E-state index contributed by atoms with van der Waals surface area (Å²) >= 11 is 0. The van der Waals surface area contributed by atoms with E-state index in [2.05, 4.69) is 27.1 Å². The summed E-state index contributed by atoms with van der Waals surface area (Å²) in [5.74, 6) is 5.98. The maximum Gasteiger partial charge on any atom is 0.293 e. The molecule has 0 spiro atoms. The highest BCUT2D eigenvalue weighted by Crippen LogP contribution is 2.22. The molecule has 0 amide bonds. The third-order valence-corrected chi connectivity index (χ3v) is 7.85. The summed E-state index contributed by atoms with van der Waals surface area (Å²) in [6, 6.07) is 15.3. The molecular weight excluding hydrogens is 466 g/mol. The Morgan fingerprint density at radius 2 is 1.74 bits per heavy atom. The molecule has 1 saturated heterocycles. The Morgan fingerprint density at radius 1 is 1.09 bits per heavy atom. The molecule has 3 aromatic rings. The summed E-state index contributed by atoms with van der Waals surface area (Å²) in [6.45, 7) is 0.461. The first-order chi connectivity index (χ1) is 16.8. The van der Waals surface area contributed by atoms with Crippen LogP contribution in [-0.4, -0.2) is 52.8 Å². The van der Waals surface area contributed by atoms with Crippen molar-refractivity contribution in [3.8, 4) is 17.6 Å². The van der Waals surface area contributed by atoms with Gasteiger partial charge in [-0.25, -0.2) is 13.4 Å². The molecule has 0 saturated carbocycles. The number of aromatic amines is 1. The first-order valence-corrected chi connectivity index (χ1v) is 13.2. The van der Waals surface area contributed by atoms with Crippen molar-refractivity contribution in [1.82, 2.24) is 15.3 Å². The quantitative estimate of drug-likeness (QED) is 0.367. The predicted molar refractivity (Wildman–Crippen MR) is 133 cm³/mol. The summed E-state index contributed by atoms with van der Waals surface area (Å²) in [7, 11) is -2.89. The molecule has 0 aliphatic carbocycles. The monoisotopic (exact) mass is 493 g/mol. The highest BCUT2D eigenvalue weighted by Gasteiger charge is 2.27. The number of rotatable bonds is 7. The van der Waals surface area contributed by atoms with Crippen molar-refractivity contribution in [2.24, 2.45) is 0 Å². The Balaban J connectivity index is 1.35. The van der Waals surface area contributed by atoms with Crippen LogP contribution in [0.3, 0.4) is 0 Å². The van der Waals surface area contributed by atoms with Gasteiger partial charge in [-0.2, -0.15) is 0 Å². The molecule has 2 heterocycles. The van der Waals surface area contributed by atoms with Crippen LogP contribution >= 0.6 is 0 Å². The number of sulfone groups is 1. The van der Waals surface area contributed by atoms with Crippen LogP contribution in [0.1, 0.15) is 40.3 Å². The molecule has 1 fully saturated rings. The number of aliphatic hydroxyl groups excluding tert-OH is 1. The normalized spacial score (nSPS) is 17.5. The van der Waals surface area contributed by atoms with Crippen molar-refractivity contribution in [2.75, 3.05) is 18.1 Å². The lowest BCUT2D eigenvalue weighted by molar-refractivity contribution is 0.263. The number of H-pyrrole nitrogens is 1. The number of aromatic hydroxyl groups is 1. The van der Waals surface area contributed by atoms with E-state index < -0.39 is 21.1 Å². The van der Waals surface area contributed by atoms with E-state index in [9.17, 15) is 23.4 Å². The summed E-state index contributed by atoms with van der Waals surface area (Å²) in [5.41, 5.74) is 3.24. The topological polar surface area (TPSA) is 132 Å². The van der Waals surface area contributed by atoms with Crippen molar-refractivity contribution in [3.63, 3.8) is 0 Å². The van der Waals surface area contributed by atoms with Crippen LogP contribution in [0.4, 0.5) is 0 Å². The average Bonchev–Trinajstić information content (AvgIpc) is 3.22. The van der Waals surface area contributed by atoms with Crippen LogP contribution in [-0.2, 0) is 22.8 Å². The molecule has 0 bridgehead atoms. The predicted octanol–water partition coefficient (Wildman–Crippen LogP) is 1.47. The molecular formula is C26H27N3O5S. The van der Waals surface area contributed by atoms with E-state index in [4.69, 9.17) is 0 Å². The second kappa shape index (κ2) is 10.9. The second-order valence-electron chi connectivity index (χ2n) is 8.66. The average molecular weight is 494 g/mol. The van der Waals surface area contributed by atoms with Crippen molar-refractivity contribution < 1.29 is 18.6 Å². The zero-order valence-electron chi connectivity index (χ0n) is 19.1. The first kappa shape index (κ1) is 24.7. The maximum atomic E-state index is 11.6. The Kier molecular flexibility index (Phi) is 7.66. The third kappa shape index (κ3) is 6.57. The summed E-state index contributed by atoms with van der Waals surface area (Å²) < 4.78 is 23.1. The first-order valence-electron chi connectivity index (χ1n) is 11.3. The zero-order chi connectivity index (χ0) is 24.8. The molecule has 2 aromatic carbocycles. The van der Waals surface area contributed by atoms with Crippen molar-refractivity contribution >= 4 is 9.84 Å². The van der Waals surface area contributed by atoms with Gasteiger partial charge < -0.3 is 20.5 Å². The van der Waals surface area contributed by atoms with E-state index in [-0.39, 0.29) is 42.2 Å². The largest absolute Gasteiger partial charge is 0.502 e. The van der Waals surface area contributed by atoms with Gasteiger partial charge in [-0.3, -0.25) is 4.79 Å². The van der Waals surface area contributed by atoms with Crippen molar-refractivity contribution in [1.29, 1.82) is 0 Å². The standard InChI is InChI=1S/C26H27N3O5S/c30-15-22(13-24-25(31)26(32)29-17-28-24)21-9-7-19(8-10-21)2-1-18-3-5-20(6-4-18)14-27-23-11-12-35(33,34)16-23/h3-10,17,22-23,27,30-31H,11-16H2,(H,28,29,32)/t22-,23+/m0/s1. The molecule has 4 rings (SSSR count). The van der Waals surface area contributed by atoms with Gasteiger partial charge in [-0.05, 0) is 41.8 Å². The molecule has 0 unspecified atom stereocenters. The highest BCUT2D eigenvalue weighted by atomic mass is 32.2. The molecule has 1 aliphatic heterocycles. The van der Waals surface area contributed by atoms with E-state index in [0.29, 0.717) is 13.0 Å². The number of benzene rings is 2. The minimum atomic E-state index is -2.89. The SMILES string of the molecule is O=c1[nH]cnc(C[C@@H](CO)c2ccc(C#Cc3ccc(CN[C@@H]4CCS(=O)(=O)C4)cc3)cc2)c1O. The molecule has 35 heavy (non-hydrogen) atoms. The van der Waals surface area contributed by atoms with Gasteiger partial charge in [0.25, 0.3) is 5.56 Å². The van der Waals surface area contributed by atoms with E-state index >= 15 is 0 Å². The van der Waals surface area contributed by atoms with E-state index in [1.54, 1.807) is 0 Å².